The summed E-state index contributed by atoms with van der Waals surface area (Å²) in [6.07, 6.45) is 3.28. The van der Waals surface area contributed by atoms with Gasteiger partial charge in [-0.3, -0.25) is 4.90 Å². The van der Waals surface area contributed by atoms with E-state index in [1.165, 1.54) is 35.4 Å². The zero-order chi connectivity index (χ0) is 25.2. The number of anilines is 1. The van der Waals surface area contributed by atoms with Crippen LogP contribution in [0.15, 0.2) is 42.6 Å². The number of benzene rings is 2. The Morgan fingerprint density at radius 3 is 2.83 bits per heavy atom. The molecular formula is C31H43N3O2. The summed E-state index contributed by atoms with van der Waals surface area (Å²) in [5, 5.41) is 0. The first-order chi connectivity index (χ1) is 17.4. The molecular weight excluding hydrogens is 446 g/mol. The Bertz CT molecular complexity index is 1100. The lowest BCUT2D eigenvalue weighted by Gasteiger charge is -2.32. The van der Waals surface area contributed by atoms with Gasteiger partial charge in [-0.15, -0.1) is 0 Å². The summed E-state index contributed by atoms with van der Waals surface area (Å²) in [5.74, 6) is 2.88. The molecule has 0 saturated carbocycles. The van der Waals surface area contributed by atoms with Crippen molar-refractivity contribution in [1.82, 2.24) is 9.80 Å². The number of fused-ring (bicyclic) bond motifs is 2. The number of hydrogen-bond donors (Lipinski definition) is 0. The highest BCUT2D eigenvalue weighted by atomic mass is 16.5. The number of likely N-dealkylation sites (tertiary alicyclic amines) is 1. The second-order valence-electron chi connectivity index (χ2n) is 11.4. The number of ether oxygens (including phenoxy) is 2. The normalized spacial score (nSPS) is 19.5. The summed E-state index contributed by atoms with van der Waals surface area (Å²) in [6, 6.07) is 11.3. The second kappa shape index (κ2) is 10.8. The molecule has 0 amide bonds. The van der Waals surface area contributed by atoms with Gasteiger partial charge in [0.05, 0.1) is 13.2 Å². The molecule has 5 nitrogen and oxygen atoms in total. The van der Waals surface area contributed by atoms with Crippen molar-refractivity contribution in [3.8, 4) is 11.5 Å². The van der Waals surface area contributed by atoms with E-state index in [4.69, 9.17) is 9.47 Å². The minimum atomic E-state index is 0.504. The standard InChI is InChI=1S/C31H43N3O2/c1-22(2)18-34(19-25-16-23(3)31-30(17-25)35-14-7-15-36-31)24(4)26-10-13-33(20-26)21-27-8-6-9-29-28(27)11-12-32(29)5/h6,8-9,16-17,22,26H,4,7,10-15,18-21H2,1-3,5H3. The molecule has 0 aromatic heterocycles. The highest BCUT2D eigenvalue weighted by Crippen LogP contribution is 2.36. The fraction of sp³-hybridized carbons (Fsp3) is 0.548. The molecule has 0 N–H and O–H groups in total. The van der Waals surface area contributed by atoms with Crippen molar-refractivity contribution in [2.75, 3.05) is 51.3 Å². The first-order valence-electron chi connectivity index (χ1n) is 13.8. The van der Waals surface area contributed by atoms with Crippen LogP contribution >= 0.6 is 0 Å². The maximum absolute atomic E-state index is 6.03. The van der Waals surface area contributed by atoms with E-state index in [1.54, 1.807) is 5.56 Å². The van der Waals surface area contributed by atoms with E-state index in [2.05, 4.69) is 79.4 Å². The Balaban J connectivity index is 1.27. The van der Waals surface area contributed by atoms with Crippen molar-refractivity contribution in [3.63, 3.8) is 0 Å². The molecule has 1 atom stereocenters. The van der Waals surface area contributed by atoms with Gasteiger partial charge in [-0.05, 0) is 66.6 Å². The largest absolute Gasteiger partial charge is 0.490 e. The third-order valence-corrected chi connectivity index (χ3v) is 7.95. The maximum Gasteiger partial charge on any atom is 0.164 e. The molecule has 5 heteroatoms. The molecule has 194 valence electrons. The Labute approximate surface area is 217 Å². The van der Waals surface area contributed by atoms with Gasteiger partial charge in [0, 0.05) is 63.5 Å². The number of rotatable bonds is 8. The Morgan fingerprint density at radius 1 is 1.17 bits per heavy atom. The van der Waals surface area contributed by atoms with E-state index < -0.39 is 0 Å². The molecule has 1 fully saturated rings. The van der Waals surface area contributed by atoms with Gasteiger partial charge in [-0.25, -0.2) is 0 Å². The van der Waals surface area contributed by atoms with E-state index in [9.17, 15) is 0 Å². The average Bonchev–Trinajstić information content (AvgIpc) is 3.38. The van der Waals surface area contributed by atoms with Gasteiger partial charge < -0.3 is 19.3 Å². The van der Waals surface area contributed by atoms with Gasteiger partial charge in [0.2, 0.25) is 0 Å². The van der Waals surface area contributed by atoms with Gasteiger partial charge in [0.15, 0.2) is 11.5 Å². The summed E-state index contributed by atoms with van der Waals surface area (Å²) in [4.78, 5) is 7.54. The third kappa shape index (κ3) is 5.36. The van der Waals surface area contributed by atoms with Crippen LogP contribution in [0.25, 0.3) is 0 Å². The zero-order valence-electron chi connectivity index (χ0n) is 22.7. The number of likely N-dealkylation sites (N-methyl/N-ethyl adjacent to an activating group) is 1. The molecule has 36 heavy (non-hydrogen) atoms. The molecule has 3 aliphatic heterocycles. The predicted octanol–water partition coefficient (Wildman–Crippen LogP) is 5.64. The first-order valence-corrected chi connectivity index (χ1v) is 13.8. The molecule has 2 aromatic rings. The van der Waals surface area contributed by atoms with Crippen LogP contribution in [0, 0.1) is 18.8 Å². The van der Waals surface area contributed by atoms with Crippen molar-refractivity contribution in [1.29, 1.82) is 0 Å². The Hall–Kier alpha value is -2.66. The SMILES string of the molecule is C=C(C1CCN(Cc2cccc3c2CCN3C)C1)N(Cc1cc(C)c2c(c1)OCCCO2)CC(C)C. The van der Waals surface area contributed by atoms with Crippen molar-refractivity contribution in [2.45, 2.75) is 53.1 Å². The smallest absolute Gasteiger partial charge is 0.164 e. The molecule has 0 bridgehead atoms. The highest BCUT2D eigenvalue weighted by molar-refractivity contribution is 5.60. The third-order valence-electron chi connectivity index (χ3n) is 7.95. The topological polar surface area (TPSA) is 28.2 Å². The molecule has 1 saturated heterocycles. The van der Waals surface area contributed by atoms with Gasteiger partial charge in [-0.2, -0.15) is 0 Å². The van der Waals surface area contributed by atoms with Crippen LogP contribution in [0.3, 0.4) is 0 Å². The van der Waals surface area contributed by atoms with Gasteiger partial charge in [0.1, 0.15) is 0 Å². The van der Waals surface area contributed by atoms with Gasteiger partial charge >= 0.3 is 0 Å². The van der Waals surface area contributed by atoms with Crippen LogP contribution in [0.2, 0.25) is 0 Å². The number of aryl methyl sites for hydroxylation is 1. The second-order valence-corrected chi connectivity index (χ2v) is 11.4. The highest BCUT2D eigenvalue weighted by Gasteiger charge is 2.29. The van der Waals surface area contributed by atoms with Crippen LogP contribution in [0.4, 0.5) is 5.69 Å². The molecule has 3 heterocycles. The molecule has 0 spiro atoms. The molecule has 2 aromatic carbocycles. The van der Waals surface area contributed by atoms with E-state index >= 15 is 0 Å². The predicted molar refractivity (Wildman–Crippen MR) is 148 cm³/mol. The molecule has 3 aliphatic rings. The maximum atomic E-state index is 6.03. The molecule has 0 aliphatic carbocycles. The minimum absolute atomic E-state index is 0.504. The number of hydrogen-bond acceptors (Lipinski definition) is 5. The summed E-state index contributed by atoms with van der Waals surface area (Å²) in [5.41, 5.74) is 8.19. The lowest BCUT2D eigenvalue weighted by Crippen LogP contribution is -2.31. The van der Waals surface area contributed by atoms with Crippen molar-refractivity contribution in [3.05, 3.63) is 64.9 Å². The van der Waals surface area contributed by atoms with Crippen LogP contribution in [0.1, 0.15) is 48.9 Å². The Kier molecular flexibility index (Phi) is 7.47. The van der Waals surface area contributed by atoms with E-state index in [0.717, 1.165) is 76.0 Å². The quantitative estimate of drug-likeness (QED) is 0.478. The monoisotopic (exact) mass is 489 g/mol. The first kappa shape index (κ1) is 25.0. The van der Waals surface area contributed by atoms with E-state index in [1.807, 2.05) is 0 Å². The number of nitrogens with zero attached hydrogens (tertiary/aromatic N) is 3. The molecule has 0 radical (unpaired) electrons. The molecule has 5 rings (SSSR count). The average molecular weight is 490 g/mol. The van der Waals surface area contributed by atoms with Crippen LogP contribution in [0.5, 0.6) is 11.5 Å². The van der Waals surface area contributed by atoms with Crippen LogP contribution in [-0.2, 0) is 19.5 Å². The summed E-state index contributed by atoms with van der Waals surface area (Å²) < 4.78 is 12.0. The lowest BCUT2D eigenvalue weighted by molar-refractivity contribution is 0.256. The molecule has 1 unspecified atom stereocenters. The van der Waals surface area contributed by atoms with Crippen molar-refractivity contribution in [2.24, 2.45) is 11.8 Å². The summed E-state index contributed by atoms with van der Waals surface area (Å²) in [6.45, 7) is 19.1. The fourth-order valence-corrected chi connectivity index (χ4v) is 6.12. The van der Waals surface area contributed by atoms with Crippen molar-refractivity contribution >= 4 is 5.69 Å². The van der Waals surface area contributed by atoms with Gasteiger partial charge in [-0.1, -0.05) is 38.6 Å². The van der Waals surface area contributed by atoms with E-state index in [-0.39, 0.29) is 0 Å². The Morgan fingerprint density at radius 2 is 2.00 bits per heavy atom. The van der Waals surface area contributed by atoms with Crippen molar-refractivity contribution < 1.29 is 9.47 Å². The van der Waals surface area contributed by atoms with E-state index in [0.29, 0.717) is 11.8 Å². The van der Waals surface area contributed by atoms with Crippen LogP contribution < -0.4 is 14.4 Å². The minimum Gasteiger partial charge on any atom is -0.490 e. The fourth-order valence-electron chi connectivity index (χ4n) is 6.12. The van der Waals surface area contributed by atoms with Crippen LogP contribution in [-0.4, -0.2) is 56.2 Å². The summed E-state index contributed by atoms with van der Waals surface area (Å²) in [7, 11) is 2.21. The lowest BCUT2D eigenvalue weighted by atomic mass is 10.0. The van der Waals surface area contributed by atoms with Gasteiger partial charge in [0.25, 0.3) is 0 Å². The zero-order valence-corrected chi connectivity index (χ0v) is 22.7. The summed E-state index contributed by atoms with van der Waals surface area (Å²) >= 11 is 0.